The number of guanidine groups is 1. The highest BCUT2D eigenvalue weighted by atomic mass is 127. The third-order valence-electron chi connectivity index (χ3n) is 5.43. The number of hydrogen-bond acceptors (Lipinski definition) is 5. The van der Waals surface area contributed by atoms with Crippen LogP contribution in [-0.4, -0.2) is 83.1 Å². The van der Waals surface area contributed by atoms with E-state index in [0.29, 0.717) is 12.5 Å². The van der Waals surface area contributed by atoms with E-state index in [0.717, 1.165) is 32.8 Å². The first-order chi connectivity index (χ1) is 12.7. The summed E-state index contributed by atoms with van der Waals surface area (Å²) >= 11 is 0. The lowest BCUT2D eigenvalue weighted by molar-refractivity contribution is -0.0352. The largest absolute Gasteiger partial charge is 0.379 e. The van der Waals surface area contributed by atoms with Crippen LogP contribution in [-0.2, 0) is 14.8 Å². The quantitative estimate of drug-likeness (QED) is 0.259. The first kappa shape index (κ1) is 25.9. The molecule has 1 aliphatic heterocycles. The fourth-order valence-corrected chi connectivity index (χ4v) is 5.24. The average Bonchev–Trinajstić information content (AvgIpc) is 2.61. The third-order valence-corrected chi connectivity index (χ3v) is 6.36. The predicted octanol–water partition coefficient (Wildman–Crippen LogP) is 1.13. The predicted molar refractivity (Wildman–Crippen MR) is 125 cm³/mol. The Morgan fingerprint density at radius 2 is 1.75 bits per heavy atom. The Labute approximate surface area is 187 Å². The van der Waals surface area contributed by atoms with Crippen molar-refractivity contribution >= 4 is 40.0 Å². The van der Waals surface area contributed by atoms with Crippen LogP contribution in [0.2, 0.25) is 0 Å². The van der Waals surface area contributed by atoms with Crippen molar-refractivity contribution in [2.75, 3.05) is 52.7 Å². The minimum Gasteiger partial charge on any atom is -0.379 e. The van der Waals surface area contributed by atoms with Crippen LogP contribution in [0.5, 0.6) is 0 Å². The molecule has 3 N–H and O–H groups in total. The number of hydrogen-bond donors (Lipinski definition) is 3. The summed E-state index contributed by atoms with van der Waals surface area (Å²) < 4.78 is 31.2. The maximum Gasteiger partial charge on any atom is 0.209 e. The van der Waals surface area contributed by atoms with E-state index in [1.807, 2.05) is 13.8 Å². The van der Waals surface area contributed by atoms with Crippen LogP contribution >= 0.6 is 24.0 Å². The van der Waals surface area contributed by atoms with Crippen LogP contribution in [0.1, 0.15) is 46.0 Å². The zero-order chi connectivity index (χ0) is 20.0. The molecule has 1 aliphatic carbocycles. The van der Waals surface area contributed by atoms with Gasteiger partial charge in [0.05, 0.1) is 19.5 Å². The molecule has 1 heterocycles. The van der Waals surface area contributed by atoms with Crippen LogP contribution in [0.3, 0.4) is 0 Å². The molecule has 0 aromatic rings. The average molecular weight is 532 g/mol. The topological polar surface area (TPSA) is 95.1 Å². The molecule has 0 spiro atoms. The van der Waals surface area contributed by atoms with E-state index < -0.39 is 15.6 Å². The summed E-state index contributed by atoms with van der Waals surface area (Å²) in [6, 6.07) is 0. The molecule has 8 nitrogen and oxygen atoms in total. The van der Waals surface area contributed by atoms with E-state index in [9.17, 15) is 8.42 Å². The van der Waals surface area contributed by atoms with Crippen LogP contribution in [0.4, 0.5) is 0 Å². The molecular formula is C18H38IN5O3S. The molecule has 2 aliphatic rings. The van der Waals surface area contributed by atoms with Gasteiger partial charge < -0.3 is 15.4 Å². The molecule has 1 saturated carbocycles. The highest BCUT2D eigenvalue weighted by Crippen LogP contribution is 2.33. The molecule has 0 unspecified atom stereocenters. The summed E-state index contributed by atoms with van der Waals surface area (Å²) in [7, 11) is -1.51. The molecule has 2 rings (SSSR count). The number of nitrogens with zero attached hydrogens (tertiary/aromatic N) is 2. The summed E-state index contributed by atoms with van der Waals surface area (Å²) in [6.07, 6.45) is 7.39. The van der Waals surface area contributed by atoms with Crippen molar-refractivity contribution < 1.29 is 13.2 Å². The van der Waals surface area contributed by atoms with Gasteiger partial charge >= 0.3 is 0 Å². The minimum absolute atomic E-state index is 0. The summed E-state index contributed by atoms with van der Waals surface area (Å²) in [4.78, 5) is 6.91. The highest BCUT2D eigenvalue weighted by molar-refractivity contribution is 14.0. The zero-order valence-electron chi connectivity index (χ0n) is 17.7. The van der Waals surface area contributed by atoms with Gasteiger partial charge in [-0.1, -0.05) is 19.3 Å². The van der Waals surface area contributed by atoms with Crippen LogP contribution in [0, 0.1) is 0 Å². The Hall–Kier alpha value is -0.170. The Morgan fingerprint density at radius 3 is 2.29 bits per heavy atom. The van der Waals surface area contributed by atoms with Crippen molar-refractivity contribution in [3.63, 3.8) is 0 Å². The Morgan fingerprint density at radius 1 is 1.14 bits per heavy atom. The van der Waals surface area contributed by atoms with Crippen molar-refractivity contribution in [1.82, 2.24) is 20.3 Å². The summed E-state index contributed by atoms with van der Waals surface area (Å²) in [5, 5.41) is 6.75. The monoisotopic (exact) mass is 531 g/mol. The van der Waals surface area contributed by atoms with E-state index in [2.05, 4.69) is 25.2 Å². The molecular weight excluding hydrogens is 493 g/mol. The van der Waals surface area contributed by atoms with E-state index in [-0.39, 0.29) is 29.5 Å². The van der Waals surface area contributed by atoms with Gasteiger partial charge in [-0.2, -0.15) is 0 Å². The standard InChI is InChI=1S/C18H37N5O3S.HI/c1-17(2,22-27(4,24)25)14-20-16(19-3)21-15-18(8-6-5-7-9-18)23-10-12-26-13-11-23;/h22H,5-15H2,1-4H3,(H2,19,20,21);1H. The molecule has 0 radical (unpaired) electrons. The number of ether oxygens (including phenoxy) is 1. The molecule has 0 amide bonds. The molecule has 28 heavy (non-hydrogen) atoms. The van der Waals surface area contributed by atoms with E-state index >= 15 is 0 Å². The number of halogens is 1. The van der Waals surface area contributed by atoms with Crippen LogP contribution < -0.4 is 15.4 Å². The summed E-state index contributed by atoms with van der Waals surface area (Å²) in [6.45, 7) is 8.57. The highest BCUT2D eigenvalue weighted by Gasteiger charge is 2.38. The van der Waals surface area contributed by atoms with Gasteiger partial charge in [-0.05, 0) is 26.7 Å². The van der Waals surface area contributed by atoms with Gasteiger partial charge in [0.1, 0.15) is 0 Å². The second-order valence-electron chi connectivity index (χ2n) is 8.42. The van der Waals surface area contributed by atoms with Gasteiger partial charge in [0, 0.05) is 44.3 Å². The Balaban J connectivity index is 0.00000392. The van der Waals surface area contributed by atoms with E-state index in [4.69, 9.17) is 4.74 Å². The molecule has 0 aromatic carbocycles. The zero-order valence-corrected chi connectivity index (χ0v) is 20.9. The Bertz CT molecular complexity index is 600. The third kappa shape index (κ3) is 8.29. The normalized spacial score (nSPS) is 21.6. The van der Waals surface area contributed by atoms with Gasteiger partial charge in [-0.3, -0.25) is 9.89 Å². The maximum absolute atomic E-state index is 11.5. The number of sulfonamides is 1. The lowest BCUT2D eigenvalue weighted by Gasteiger charge is -2.48. The van der Waals surface area contributed by atoms with Crippen molar-refractivity contribution in [2.24, 2.45) is 4.99 Å². The minimum atomic E-state index is -3.26. The molecule has 0 atom stereocenters. The number of morpholine rings is 1. The maximum atomic E-state index is 11.5. The van der Waals surface area contributed by atoms with Crippen molar-refractivity contribution in [3.05, 3.63) is 0 Å². The van der Waals surface area contributed by atoms with Gasteiger partial charge in [0.25, 0.3) is 0 Å². The fraction of sp³-hybridized carbons (Fsp3) is 0.944. The lowest BCUT2D eigenvalue weighted by Crippen LogP contribution is -2.61. The molecule has 166 valence electrons. The Kier molecular flexibility index (Phi) is 10.4. The first-order valence-electron chi connectivity index (χ1n) is 9.92. The SMILES string of the molecule is CN=C(NCC(C)(C)NS(C)(=O)=O)NCC1(N2CCOCC2)CCCCC1.I. The van der Waals surface area contributed by atoms with Gasteiger partial charge in [-0.15, -0.1) is 24.0 Å². The number of nitrogens with one attached hydrogen (secondary N) is 3. The van der Waals surface area contributed by atoms with Crippen LogP contribution in [0.15, 0.2) is 4.99 Å². The second kappa shape index (κ2) is 11.3. The molecule has 0 aromatic heterocycles. The second-order valence-corrected chi connectivity index (χ2v) is 10.2. The fourth-order valence-electron chi connectivity index (χ4n) is 4.16. The molecule has 10 heteroatoms. The van der Waals surface area contributed by atoms with Crippen molar-refractivity contribution in [1.29, 1.82) is 0 Å². The van der Waals surface area contributed by atoms with Gasteiger partial charge in [0.2, 0.25) is 10.0 Å². The number of rotatable bonds is 7. The van der Waals surface area contributed by atoms with E-state index in [1.54, 1.807) is 7.05 Å². The lowest BCUT2D eigenvalue weighted by atomic mass is 9.80. The first-order valence-corrected chi connectivity index (χ1v) is 11.8. The summed E-state index contributed by atoms with van der Waals surface area (Å²) in [5.41, 5.74) is -0.446. The molecule has 1 saturated heterocycles. The molecule has 0 bridgehead atoms. The smallest absolute Gasteiger partial charge is 0.209 e. The van der Waals surface area contributed by atoms with Gasteiger partial charge in [0.15, 0.2) is 5.96 Å². The summed E-state index contributed by atoms with van der Waals surface area (Å²) in [5.74, 6) is 0.705. The number of aliphatic imine (C=N–C) groups is 1. The van der Waals surface area contributed by atoms with Crippen molar-refractivity contribution in [3.8, 4) is 0 Å². The molecule has 2 fully saturated rings. The van der Waals surface area contributed by atoms with Crippen LogP contribution in [0.25, 0.3) is 0 Å². The van der Waals surface area contributed by atoms with E-state index in [1.165, 1.54) is 38.4 Å². The van der Waals surface area contributed by atoms with Gasteiger partial charge in [-0.25, -0.2) is 13.1 Å². The van der Waals surface area contributed by atoms with Crippen molar-refractivity contribution in [2.45, 2.75) is 57.0 Å².